The molecule has 0 aromatic carbocycles. The Kier molecular flexibility index (Phi) is 5.15. The molecule has 0 bridgehead atoms. The second-order valence-electron chi connectivity index (χ2n) is 4.22. The van der Waals surface area contributed by atoms with Crippen LogP contribution in [0.4, 0.5) is 13.2 Å². The Morgan fingerprint density at radius 2 is 2.17 bits per heavy atom. The third kappa shape index (κ3) is 5.05. The van der Waals surface area contributed by atoms with Crippen molar-refractivity contribution in [2.45, 2.75) is 39.0 Å². The third-order valence-corrected chi connectivity index (χ3v) is 2.41. The van der Waals surface area contributed by atoms with E-state index in [2.05, 4.69) is 9.72 Å². The summed E-state index contributed by atoms with van der Waals surface area (Å²) in [6.45, 7) is 3.12. The molecule has 1 aromatic rings. The molecule has 0 saturated heterocycles. The van der Waals surface area contributed by atoms with Crippen LogP contribution in [0.25, 0.3) is 0 Å². The molecule has 2 N–H and O–H groups in total. The molecule has 0 aliphatic heterocycles. The lowest BCUT2D eigenvalue weighted by atomic mass is 10.3. The normalized spacial score (nSPS) is 13.9. The summed E-state index contributed by atoms with van der Waals surface area (Å²) in [4.78, 5) is 4.27. The molecule has 7 heteroatoms. The highest BCUT2D eigenvalue weighted by Crippen LogP contribution is 2.14. The summed E-state index contributed by atoms with van der Waals surface area (Å²) >= 11 is 0. The summed E-state index contributed by atoms with van der Waals surface area (Å²) in [7, 11) is 0. The number of aromatic nitrogens is 2. The van der Waals surface area contributed by atoms with Gasteiger partial charge in [0.25, 0.3) is 0 Å². The van der Waals surface area contributed by atoms with Gasteiger partial charge in [0.05, 0.1) is 5.69 Å². The predicted octanol–water partition coefficient (Wildman–Crippen LogP) is 2.18. The molecule has 1 rings (SSSR count). The highest BCUT2D eigenvalue weighted by Gasteiger charge is 2.27. The third-order valence-electron chi connectivity index (χ3n) is 2.41. The van der Waals surface area contributed by atoms with E-state index in [1.165, 1.54) is 0 Å². The number of nitrogens with zero attached hydrogens (tertiary/aromatic N) is 2. The van der Waals surface area contributed by atoms with E-state index in [4.69, 9.17) is 5.73 Å². The Hall–Kier alpha value is -1.08. The predicted molar refractivity (Wildman–Crippen MR) is 61.1 cm³/mol. The van der Waals surface area contributed by atoms with Crippen molar-refractivity contribution in [3.8, 4) is 0 Å². The summed E-state index contributed by atoms with van der Waals surface area (Å²) in [6.07, 6.45) is -1.93. The molecule has 0 spiro atoms. The molecule has 0 radical (unpaired) electrons. The fourth-order valence-electron chi connectivity index (χ4n) is 1.50. The van der Waals surface area contributed by atoms with Crippen LogP contribution in [0, 0.1) is 6.92 Å². The minimum absolute atomic E-state index is 0.0740. The summed E-state index contributed by atoms with van der Waals surface area (Å²) in [5.74, 6) is 0.804. The number of ether oxygens (including phenoxy) is 1. The zero-order valence-electron chi connectivity index (χ0n) is 10.5. The van der Waals surface area contributed by atoms with E-state index in [-0.39, 0.29) is 12.6 Å². The molecule has 0 fully saturated rings. The van der Waals surface area contributed by atoms with Crippen LogP contribution >= 0.6 is 0 Å². The average molecular weight is 265 g/mol. The lowest BCUT2D eigenvalue weighted by molar-refractivity contribution is -0.174. The molecule has 0 unspecified atom stereocenters. The molecule has 1 heterocycles. The van der Waals surface area contributed by atoms with Gasteiger partial charge in [0.15, 0.2) is 0 Å². The van der Waals surface area contributed by atoms with Crippen LogP contribution in [-0.2, 0) is 11.3 Å². The van der Waals surface area contributed by atoms with Gasteiger partial charge < -0.3 is 15.0 Å². The van der Waals surface area contributed by atoms with Crippen LogP contribution in [0.2, 0.25) is 0 Å². The lowest BCUT2D eigenvalue weighted by Gasteiger charge is -2.08. The summed E-state index contributed by atoms with van der Waals surface area (Å²) in [5, 5.41) is 0. The Bertz CT molecular complexity index is 374. The number of rotatable bonds is 6. The average Bonchev–Trinajstić information content (AvgIpc) is 2.58. The minimum atomic E-state index is -4.26. The van der Waals surface area contributed by atoms with E-state index in [1.807, 2.05) is 24.6 Å². The maximum Gasteiger partial charge on any atom is 0.411 e. The van der Waals surface area contributed by atoms with Gasteiger partial charge in [-0.05, 0) is 20.3 Å². The first-order valence-electron chi connectivity index (χ1n) is 5.73. The summed E-state index contributed by atoms with van der Waals surface area (Å²) in [5.41, 5.74) is 6.48. The minimum Gasteiger partial charge on any atom is -0.372 e. The highest BCUT2D eigenvalue weighted by atomic mass is 19.4. The van der Waals surface area contributed by atoms with Crippen molar-refractivity contribution in [2.24, 2.45) is 5.73 Å². The first kappa shape index (κ1) is 15.0. The zero-order valence-corrected chi connectivity index (χ0v) is 10.5. The molecule has 0 amide bonds. The molecule has 0 aliphatic carbocycles. The fourth-order valence-corrected chi connectivity index (χ4v) is 1.50. The van der Waals surface area contributed by atoms with Crippen molar-refractivity contribution in [3.63, 3.8) is 0 Å². The van der Waals surface area contributed by atoms with Crippen molar-refractivity contribution in [2.75, 3.05) is 13.2 Å². The lowest BCUT2D eigenvalue weighted by Crippen LogP contribution is -2.17. The molecular formula is C11H18F3N3O. The topological polar surface area (TPSA) is 53.1 Å². The maximum atomic E-state index is 11.8. The number of hydrogen-bond donors (Lipinski definition) is 1. The first-order valence-corrected chi connectivity index (χ1v) is 5.73. The van der Waals surface area contributed by atoms with Crippen LogP contribution in [0.3, 0.4) is 0 Å². The van der Waals surface area contributed by atoms with Crippen LogP contribution in [0.1, 0.15) is 30.9 Å². The van der Waals surface area contributed by atoms with Gasteiger partial charge in [-0.1, -0.05) is 0 Å². The molecule has 4 nitrogen and oxygen atoms in total. The molecule has 1 aromatic heterocycles. The number of aryl methyl sites for hydroxylation is 2. The van der Waals surface area contributed by atoms with Crippen molar-refractivity contribution >= 4 is 0 Å². The number of nitrogens with two attached hydrogens (primary N) is 1. The summed E-state index contributed by atoms with van der Waals surface area (Å²) in [6, 6.07) is -0.147. The van der Waals surface area contributed by atoms with Gasteiger partial charge in [0, 0.05) is 25.4 Å². The maximum absolute atomic E-state index is 11.8. The smallest absolute Gasteiger partial charge is 0.372 e. The Balaban J connectivity index is 2.31. The van der Waals surface area contributed by atoms with E-state index in [1.54, 1.807) is 0 Å². The van der Waals surface area contributed by atoms with E-state index in [0.717, 1.165) is 11.5 Å². The van der Waals surface area contributed by atoms with Gasteiger partial charge in [-0.25, -0.2) is 4.98 Å². The molecule has 18 heavy (non-hydrogen) atoms. The number of hydrogen-bond acceptors (Lipinski definition) is 3. The van der Waals surface area contributed by atoms with Crippen molar-refractivity contribution < 1.29 is 17.9 Å². The van der Waals surface area contributed by atoms with E-state index in [9.17, 15) is 13.2 Å². The van der Waals surface area contributed by atoms with Crippen molar-refractivity contribution in [1.29, 1.82) is 0 Å². The Labute approximate surface area is 104 Å². The van der Waals surface area contributed by atoms with Gasteiger partial charge >= 0.3 is 6.18 Å². The van der Waals surface area contributed by atoms with Crippen LogP contribution in [-0.4, -0.2) is 28.9 Å². The van der Waals surface area contributed by atoms with Gasteiger partial charge in [-0.2, -0.15) is 13.2 Å². The quantitative estimate of drug-likeness (QED) is 0.802. The Morgan fingerprint density at radius 3 is 2.67 bits per heavy atom. The Morgan fingerprint density at radius 1 is 1.50 bits per heavy atom. The van der Waals surface area contributed by atoms with Gasteiger partial charge in [0.2, 0.25) is 0 Å². The second-order valence-corrected chi connectivity index (χ2v) is 4.22. The molecule has 104 valence electrons. The largest absolute Gasteiger partial charge is 0.411 e. The van der Waals surface area contributed by atoms with Gasteiger partial charge in [-0.15, -0.1) is 0 Å². The fraction of sp³-hybridized carbons (Fsp3) is 0.727. The SMILES string of the molecule is Cc1nc([C@@H](C)N)cn1CCCOCC(F)(F)F. The highest BCUT2D eigenvalue weighted by molar-refractivity contribution is 5.06. The number of alkyl halides is 3. The van der Waals surface area contributed by atoms with Crippen LogP contribution < -0.4 is 5.73 Å². The van der Waals surface area contributed by atoms with Crippen LogP contribution in [0.15, 0.2) is 6.20 Å². The van der Waals surface area contributed by atoms with Crippen LogP contribution in [0.5, 0.6) is 0 Å². The van der Waals surface area contributed by atoms with Gasteiger partial charge in [0.1, 0.15) is 12.4 Å². The van der Waals surface area contributed by atoms with E-state index in [0.29, 0.717) is 13.0 Å². The monoisotopic (exact) mass is 265 g/mol. The molecular weight excluding hydrogens is 247 g/mol. The standard InChI is InChI=1S/C11H18F3N3O/c1-8(15)10-6-17(9(2)16-10)4-3-5-18-7-11(12,13)14/h6,8H,3-5,7,15H2,1-2H3/t8-/m1/s1. The first-order chi connectivity index (χ1) is 8.29. The second kappa shape index (κ2) is 6.19. The van der Waals surface area contributed by atoms with Crippen molar-refractivity contribution in [3.05, 3.63) is 17.7 Å². The van der Waals surface area contributed by atoms with E-state index >= 15 is 0 Å². The van der Waals surface area contributed by atoms with Crippen molar-refractivity contribution in [1.82, 2.24) is 9.55 Å². The molecule has 0 saturated carbocycles. The molecule has 0 aliphatic rings. The molecule has 1 atom stereocenters. The number of halogens is 3. The van der Waals surface area contributed by atoms with Gasteiger partial charge in [-0.3, -0.25) is 0 Å². The number of imidazole rings is 1. The zero-order chi connectivity index (χ0) is 13.8. The summed E-state index contributed by atoms with van der Waals surface area (Å²) < 4.78 is 41.8. The van der Waals surface area contributed by atoms with E-state index < -0.39 is 12.8 Å².